The zero-order valence-corrected chi connectivity index (χ0v) is 60.4. The largest absolute Gasteiger partial charge is 0.497 e. The number of nitrogens with one attached hydrogen (secondary N) is 3. The summed E-state index contributed by atoms with van der Waals surface area (Å²) in [5.74, 6) is 0.932. The Morgan fingerprint density at radius 3 is 1.89 bits per heavy atom. The van der Waals surface area contributed by atoms with Gasteiger partial charge in [-0.15, -0.1) is 0 Å². The van der Waals surface area contributed by atoms with Crippen LogP contribution in [-0.4, -0.2) is 135 Å². The molecule has 12 rings (SSSR count). The molecule has 0 radical (unpaired) electrons. The van der Waals surface area contributed by atoms with Crippen LogP contribution < -0.4 is 31.4 Å². The van der Waals surface area contributed by atoms with E-state index in [0.717, 1.165) is 44.5 Å². The molecule has 9 atom stereocenters. The third kappa shape index (κ3) is 17.0. The zero-order chi connectivity index (χ0) is 72.9. The molecule has 1 amide bonds. The van der Waals surface area contributed by atoms with Crippen LogP contribution >= 0.6 is 17.1 Å². The van der Waals surface area contributed by atoms with Crippen LogP contribution in [0.2, 0.25) is 0 Å². The van der Waals surface area contributed by atoms with Crippen molar-refractivity contribution in [2.45, 2.75) is 134 Å². The summed E-state index contributed by atoms with van der Waals surface area (Å²) in [6.07, 6.45) is -1.89. The lowest BCUT2D eigenvalue weighted by atomic mass is 9.80. The Bertz CT molecular complexity index is 4480. The molecule has 26 nitrogen and oxygen atoms in total. The van der Waals surface area contributed by atoms with Crippen LogP contribution in [0.1, 0.15) is 121 Å². The van der Waals surface area contributed by atoms with Crippen molar-refractivity contribution in [3.05, 3.63) is 236 Å². The number of benzene rings is 6. The molecular formula is C76H83N11O15P2. The smallest absolute Gasteiger partial charge is 0.333 e. The molecule has 9 aromatic rings. The highest BCUT2D eigenvalue weighted by atomic mass is 31.2. The lowest BCUT2D eigenvalue weighted by Crippen LogP contribution is -2.38. The summed E-state index contributed by atoms with van der Waals surface area (Å²) in [6.45, 7) is 9.93. The first-order valence-electron chi connectivity index (χ1n) is 34.3. The Labute approximate surface area is 604 Å². The Morgan fingerprint density at radius 2 is 1.28 bits per heavy atom. The van der Waals surface area contributed by atoms with E-state index in [4.69, 9.17) is 56.0 Å². The zero-order valence-electron chi connectivity index (χ0n) is 58.6. The van der Waals surface area contributed by atoms with Gasteiger partial charge < -0.3 is 61.5 Å². The second kappa shape index (κ2) is 34.7. The summed E-state index contributed by atoms with van der Waals surface area (Å²) in [5.41, 5.74) is 6.41. The van der Waals surface area contributed by atoms with E-state index in [-0.39, 0.29) is 100 Å². The lowest BCUT2D eigenvalue weighted by Gasteiger charge is -2.37. The second-order valence-electron chi connectivity index (χ2n) is 25.6. The van der Waals surface area contributed by atoms with Gasteiger partial charge in [0.2, 0.25) is 6.41 Å². The number of methoxy groups -OCH3 is 2. The van der Waals surface area contributed by atoms with Gasteiger partial charge in [0.25, 0.3) is 20.0 Å². The number of aliphatic hydroxyl groups is 1. The third-order valence-electron chi connectivity index (χ3n) is 18.3. The molecule has 0 saturated carbocycles. The number of aromatic nitrogens is 6. The van der Waals surface area contributed by atoms with Crippen molar-refractivity contribution in [1.29, 1.82) is 10.5 Å². The van der Waals surface area contributed by atoms with Crippen molar-refractivity contribution in [2.24, 2.45) is 0 Å². The molecule has 1 aliphatic carbocycles. The van der Waals surface area contributed by atoms with Gasteiger partial charge in [0, 0.05) is 54.7 Å². The summed E-state index contributed by atoms with van der Waals surface area (Å²) in [6, 6.07) is 52.5. The van der Waals surface area contributed by atoms with Crippen LogP contribution in [0, 0.1) is 29.6 Å². The van der Waals surface area contributed by atoms with Crippen LogP contribution in [0.15, 0.2) is 180 Å². The van der Waals surface area contributed by atoms with Gasteiger partial charge in [0.15, 0.2) is 17.0 Å². The Balaban J connectivity index is 0.786. The van der Waals surface area contributed by atoms with E-state index in [0.29, 0.717) is 22.7 Å². The Morgan fingerprint density at radius 1 is 0.702 bits per heavy atom. The molecule has 5 unspecified atom stereocenters. The van der Waals surface area contributed by atoms with E-state index < -0.39 is 83.2 Å². The van der Waals surface area contributed by atoms with E-state index in [1.54, 1.807) is 56.3 Å². The molecule has 3 aromatic heterocycles. The summed E-state index contributed by atoms with van der Waals surface area (Å²) in [7, 11) is -1.06. The molecule has 2 fully saturated rings. The van der Waals surface area contributed by atoms with E-state index in [2.05, 4.69) is 66.7 Å². The van der Waals surface area contributed by atoms with Crippen LogP contribution in [0.3, 0.4) is 0 Å². The molecule has 542 valence electrons. The Kier molecular flexibility index (Phi) is 24.9. The molecule has 3 aliphatic rings. The van der Waals surface area contributed by atoms with Gasteiger partial charge in [-0.25, -0.2) is 24.4 Å². The average Bonchev–Trinajstić information content (AvgIpc) is 0.939. The van der Waals surface area contributed by atoms with E-state index in [1.807, 2.05) is 131 Å². The SMILES string of the molecule is COc1ccc(C(OC[C@H]2O[C@@H](n3cc(C)c(=O)[nH]c3=O)CC2OP(OCCC#N)OC[C@H]2O[C@@H](n3cnc4c(NC(=O)c5ccc(CNC(O)OCC6c7ccccc7-c7ccccc76)cc5)ncnc43)CC2OP(OCCC#N)N(C(C)C)C(C)C)(c2ccccc2)c2ccc(OC)cc2)cc1. The van der Waals surface area contributed by atoms with Crippen LogP contribution in [0.4, 0.5) is 5.82 Å². The van der Waals surface area contributed by atoms with Crippen molar-refractivity contribution in [2.75, 3.05) is 52.6 Å². The fourth-order valence-corrected chi connectivity index (χ4v) is 16.2. The first-order valence-corrected chi connectivity index (χ1v) is 36.6. The minimum atomic E-state index is -2.41. The molecule has 5 heterocycles. The number of carbonyl (C=O) groups excluding carboxylic acids is 1. The fraction of sp³-hybridized carbons (Fsp3) is 0.368. The number of nitrogens with zero attached hydrogens (tertiary/aromatic N) is 8. The quantitative estimate of drug-likeness (QED) is 0.0126. The van der Waals surface area contributed by atoms with Crippen molar-refractivity contribution in [3.8, 4) is 34.8 Å². The van der Waals surface area contributed by atoms with Gasteiger partial charge in [-0.3, -0.25) is 29.0 Å². The van der Waals surface area contributed by atoms with Gasteiger partial charge in [-0.2, -0.15) is 10.5 Å². The molecule has 28 heteroatoms. The second-order valence-corrected chi connectivity index (χ2v) is 28.2. The molecule has 0 bridgehead atoms. The van der Waals surface area contributed by atoms with E-state index in [9.17, 15) is 30.0 Å². The molecule has 4 N–H and O–H groups in total. The first kappa shape index (κ1) is 74.7. The number of anilines is 1. The average molecular weight is 1450 g/mol. The van der Waals surface area contributed by atoms with Crippen molar-refractivity contribution in [1.82, 2.24) is 39.1 Å². The maximum atomic E-state index is 14.0. The summed E-state index contributed by atoms with van der Waals surface area (Å²) < 4.78 is 77.0. The number of H-pyrrole nitrogens is 1. The molecule has 104 heavy (non-hydrogen) atoms. The van der Waals surface area contributed by atoms with Crippen LogP contribution in [0.5, 0.6) is 11.5 Å². The van der Waals surface area contributed by atoms with Gasteiger partial charge in [0.05, 0.1) is 90.8 Å². The van der Waals surface area contributed by atoms with E-state index >= 15 is 0 Å². The molecule has 2 saturated heterocycles. The predicted octanol–water partition coefficient (Wildman–Crippen LogP) is 12.0. The minimum absolute atomic E-state index is 0.0202. The van der Waals surface area contributed by atoms with Crippen molar-refractivity contribution >= 4 is 40.0 Å². The van der Waals surface area contributed by atoms with Crippen LogP contribution in [-0.2, 0) is 53.7 Å². The maximum absolute atomic E-state index is 14.0. The van der Waals surface area contributed by atoms with Gasteiger partial charge in [-0.1, -0.05) is 115 Å². The topological polar surface area (TPSA) is 312 Å². The molecular weight excluding hydrogens is 1370 g/mol. The number of imidazole rings is 1. The third-order valence-corrected chi connectivity index (χ3v) is 21.7. The minimum Gasteiger partial charge on any atom is -0.497 e. The van der Waals surface area contributed by atoms with Gasteiger partial charge in [-0.05, 0) is 116 Å². The lowest BCUT2D eigenvalue weighted by molar-refractivity contribution is -0.123. The highest BCUT2D eigenvalue weighted by molar-refractivity contribution is 7.44. The number of fused-ring (bicyclic) bond motifs is 4. The number of ether oxygens (including phenoxy) is 6. The number of aryl methyl sites for hydroxylation is 1. The highest BCUT2D eigenvalue weighted by Gasteiger charge is 2.47. The number of nitriles is 2. The number of carbonyl (C=O) groups is 1. The summed E-state index contributed by atoms with van der Waals surface area (Å²) >= 11 is 0. The highest BCUT2D eigenvalue weighted by Crippen LogP contribution is 2.53. The Hall–Kier alpha value is -9.02. The maximum Gasteiger partial charge on any atom is 0.333 e. The first-order chi connectivity index (χ1) is 50.6. The summed E-state index contributed by atoms with van der Waals surface area (Å²) in [4.78, 5) is 56.7. The molecule has 0 spiro atoms. The number of amides is 1. The summed E-state index contributed by atoms with van der Waals surface area (Å²) in [5, 5.41) is 36.3. The van der Waals surface area contributed by atoms with Crippen molar-refractivity contribution in [3.63, 3.8) is 0 Å². The fourth-order valence-electron chi connectivity index (χ4n) is 13.3. The number of rotatable bonds is 34. The number of hydrogen-bond acceptors (Lipinski definition) is 22. The normalized spacial score (nSPS) is 18.9. The number of aliphatic hydroxyl groups excluding tert-OH is 1. The number of hydrogen-bond donors (Lipinski definition) is 4. The van der Waals surface area contributed by atoms with Gasteiger partial charge >= 0.3 is 14.3 Å². The predicted molar refractivity (Wildman–Crippen MR) is 388 cm³/mol. The monoisotopic (exact) mass is 1450 g/mol. The standard InChI is InChI=1S/C76H83N11O15P2/c1-48(2)87(49(3)4)103(96-37-15-35-77)101-63-39-68(86-47-82-69-70(80-46-81-71(69)86)83-73(89)52-25-23-51(24-26-52)41-79-75(91)94-43-62-60-21-13-11-19-58(60)59-20-12-14-22-61(59)62)100-66(63)45-98-104(97-38-16-36-78)102-64-40-67(85-42-50(5)72(88)84-74(85)90)99-65(64)44-95-76(53-17-9-8-10-18-53,54-27-31-56(92-6)32-28-54)55-29-33-57(93-7)34-30-55/h8-14,17-34,42,46-49,62-68,75,79,91H,15-16,37-41,43-45H2,1-7H3,(H,84,88,90)(H,80,81,83,89)/t63?,64?,65-,66-,67-,68-,75?,103?,104?/m1/s1. The van der Waals surface area contributed by atoms with Crippen molar-refractivity contribution < 1.29 is 60.9 Å². The van der Waals surface area contributed by atoms with E-state index in [1.165, 1.54) is 17.1 Å². The number of aromatic amines is 1. The molecule has 6 aromatic carbocycles. The van der Waals surface area contributed by atoms with Crippen LogP contribution in [0.25, 0.3) is 22.3 Å². The van der Waals surface area contributed by atoms with Gasteiger partial charge in [0.1, 0.15) is 48.1 Å². The molecule has 2 aliphatic heterocycles.